The minimum absolute atomic E-state index is 0.00179. The largest absolute Gasteiger partial charge is 0.394 e. The Morgan fingerprint density at radius 1 is 0.906 bits per heavy atom. The third-order valence-corrected chi connectivity index (χ3v) is 10.0. The summed E-state index contributed by atoms with van der Waals surface area (Å²) in [5.41, 5.74) is 3.95. The molecule has 13 nitrogen and oxygen atoms in total. The van der Waals surface area contributed by atoms with Gasteiger partial charge in [0.1, 0.15) is 18.3 Å². The zero-order valence-electron chi connectivity index (χ0n) is 30.6. The number of nitrogens with one attached hydrogen (secondary N) is 3. The molecule has 0 spiro atoms. The van der Waals surface area contributed by atoms with Crippen molar-refractivity contribution in [1.29, 1.82) is 0 Å². The van der Waals surface area contributed by atoms with E-state index in [0.717, 1.165) is 11.1 Å². The summed E-state index contributed by atoms with van der Waals surface area (Å²) < 4.78 is 7.34. The molecule has 1 aliphatic heterocycles. The van der Waals surface area contributed by atoms with Gasteiger partial charge in [0.2, 0.25) is 0 Å². The number of imidazole rings is 1. The van der Waals surface area contributed by atoms with Crippen molar-refractivity contribution in [2.75, 3.05) is 31.6 Å². The Labute approximate surface area is 310 Å². The van der Waals surface area contributed by atoms with E-state index in [1.165, 1.54) is 16.5 Å². The molecule has 1 saturated heterocycles. The Morgan fingerprint density at radius 3 is 2.11 bits per heavy atom. The van der Waals surface area contributed by atoms with Crippen LogP contribution in [0.25, 0.3) is 11.2 Å². The number of aliphatic hydroxyl groups excluding tert-OH is 3. The number of hydrogen-bond donors (Lipinski definition) is 6. The van der Waals surface area contributed by atoms with Gasteiger partial charge < -0.3 is 36.0 Å². The van der Waals surface area contributed by atoms with Crippen molar-refractivity contribution in [3.63, 3.8) is 0 Å². The summed E-state index contributed by atoms with van der Waals surface area (Å²) in [6.45, 7) is 9.74. The standard InChI is InChI=1S/C40H50N8O5/c1-26(2)48(40(3,4)29-18-12-7-13-19-29)21-20-41-39(52)43-23-32-45-36(42-22-30(27-14-8-5-9-15-27)28-16-10-6-11-17-28)33-37(46-32)47(25-44-33)38-35(51)34(50)31(24-49)53-38/h5-19,25-26,30-31,34-35,38,49-51H,20-24H2,1-4H3,(H2,41,43,52)(H,42,45,46)/t31-,34-,35+,38-/m1/s1. The number of benzene rings is 3. The van der Waals surface area contributed by atoms with E-state index < -0.39 is 31.1 Å². The molecule has 3 aromatic carbocycles. The molecule has 53 heavy (non-hydrogen) atoms. The Kier molecular flexibility index (Phi) is 12.0. The predicted molar refractivity (Wildman–Crippen MR) is 203 cm³/mol. The number of hydrogen-bond acceptors (Lipinski definition) is 10. The van der Waals surface area contributed by atoms with E-state index in [-0.39, 0.29) is 30.1 Å². The Balaban J connectivity index is 1.21. The van der Waals surface area contributed by atoms with Gasteiger partial charge in [-0.3, -0.25) is 9.47 Å². The van der Waals surface area contributed by atoms with Gasteiger partial charge in [0, 0.05) is 37.1 Å². The fourth-order valence-electron chi connectivity index (χ4n) is 7.16. The highest BCUT2D eigenvalue weighted by atomic mass is 16.6. The van der Waals surface area contributed by atoms with Crippen molar-refractivity contribution in [1.82, 2.24) is 35.1 Å². The molecule has 1 aliphatic rings. The van der Waals surface area contributed by atoms with Gasteiger partial charge in [-0.2, -0.15) is 0 Å². The van der Waals surface area contributed by atoms with Crippen LogP contribution in [0.3, 0.4) is 0 Å². The lowest BCUT2D eigenvalue weighted by atomic mass is 9.91. The maximum absolute atomic E-state index is 13.1. The van der Waals surface area contributed by atoms with Gasteiger partial charge >= 0.3 is 6.03 Å². The van der Waals surface area contributed by atoms with Gasteiger partial charge in [-0.1, -0.05) is 91.0 Å². The van der Waals surface area contributed by atoms with Gasteiger partial charge in [-0.25, -0.2) is 19.7 Å². The van der Waals surface area contributed by atoms with Crippen LogP contribution in [0.15, 0.2) is 97.3 Å². The number of aliphatic hydroxyl groups is 3. The average molecular weight is 723 g/mol. The smallest absolute Gasteiger partial charge is 0.315 e. The highest BCUT2D eigenvalue weighted by Crippen LogP contribution is 2.33. The number of aromatic nitrogens is 4. The van der Waals surface area contributed by atoms with Crippen LogP contribution in [-0.2, 0) is 16.8 Å². The second-order valence-electron chi connectivity index (χ2n) is 14.1. The number of urea groups is 1. The normalized spacial score (nSPS) is 19.0. The van der Waals surface area contributed by atoms with Gasteiger partial charge in [0.25, 0.3) is 0 Å². The number of fused-ring (bicyclic) bond motifs is 1. The minimum atomic E-state index is -1.33. The van der Waals surface area contributed by atoms with Gasteiger partial charge in [0.05, 0.1) is 19.5 Å². The van der Waals surface area contributed by atoms with E-state index >= 15 is 0 Å². The second-order valence-corrected chi connectivity index (χ2v) is 14.1. The summed E-state index contributed by atoms with van der Waals surface area (Å²) in [7, 11) is 0. The Morgan fingerprint density at radius 2 is 1.53 bits per heavy atom. The zero-order valence-corrected chi connectivity index (χ0v) is 30.6. The summed E-state index contributed by atoms with van der Waals surface area (Å²) in [5, 5.41) is 40.4. The fraction of sp³-hybridized carbons (Fsp3) is 0.400. The van der Waals surface area contributed by atoms with E-state index in [4.69, 9.17) is 14.7 Å². The molecule has 5 aromatic rings. The van der Waals surface area contributed by atoms with E-state index in [9.17, 15) is 20.1 Å². The third-order valence-electron chi connectivity index (χ3n) is 10.0. The SMILES string of the molecule is CC(C)N(CCNC(=O)NCc1nc(NCC(c2ccccc2)c2ccccc2)c2ncn([C@@H]3O[C@H](CO)[C@@H](O)[C@@H]3O)c2n1)C(C)(C)c1ccccc1. The molecule has 6 rings (SSSR count). The molecule has 13 heteroatoms. The number of anilines is 1. The molecular formula is C40H50N8O5. The van der Waals surface area contributed by atoms with Crippen molar-refractivity contribution in [2.24, 2.45) is 0 Å². The van der Waals surface area contributed by atoms with Crippen LogP contribution in [0.2, 0.25) is 0 Å². The van der Waals surface area contributed by atoms with Crippen molar-refractivity contribution in [2.45, 2.75) is 76.3 Å². The molecule has 0 unspecified atom stereocenters. The van der Waals surface area contributed by atoms with Crippen LogP contribution in [-0.4, -0.2) is 96.4 Å². The van der Waals surface area contributed by atoms with Crippen molar-refractivity contribution < 1.29 is 24.9 Å². The number of nitrogens with zero attached hydrogens (tertiary/aromatic N) is 5. The summed E-state index contributed by atoms with van der Waals surface area (Å²) in [4.78, 5) is 29.6. The quantitative estimate of drug-likeness (QED) is 0.0925. The zero-order chi connectivity index (χ0) is 37.5. The first kappa shape index (κ1) is 37.8. The molecule has 2 aromatic heterocycles. The Hall–Kier alpha value is -4.92. The van der Waals surface area contributed by atoms with Crippen LogP contribution in [0.1, 0.15) is 62.4 Å². The molecule has 280 valence electrons. The predicted octanol–water partition coefficient (Wildman–Crippen LogP) is 4.13. The first-order chi connectivity index (χ1) is 25.6. The molecule has 0 bridgehead atoms. The molecule has 3 heterocycles. The monoisotopic (exact) mass is 722 g/mol. The molecule has 1 fully saturated rings. The van der Waals surface area contributed by atoms with E-state index in [1.807, 2.05) is 54.6 Å². The van der Waals surface area contributed by atoms with Gasteiger partial charge in [0.15, 0.2) is 29.0 Å². The molecule has 2 amide bonds. The lowest BCUT2D eigenvalue weighted by Crippen LogP contribution is -2.49. The van der Waals surface area contributed by atoms with E-state index in [2.05, 4.69) is 89.9 Å². The summed E-state index contributed by atoms with van der Waals surface area (Å²) >= 11 is 0. The number of rotatable bonds is 15. The summed E-state index contributed by atoms with van der Waals surface area (Å²) in [6.07, 6.45) is -3.18. The molecule has 0 saturated carbocycles. The first-order valence-corrected chi connectivity index (χ1v) is 18.1. The number of carbonyl (C=O) groups excluding carboxylic acids is 1. The molecule has 0 aliphatic carbocycles. The van der Waals surface area contributed by atoms with E-state index in [0.29, 0.717) is 42.4 Å². The van der Waals surface area contributed by atoms with Crippen LogP contribution < -0.4 is 16.0 Å². The summed E-state index contributed by atoms with van der Waals surface area (Å²) in [6, 6.07) is 30.6. The van der Waals surface area contributed by atoms with Gasteiger partial charge in [-0.15, -0.1) is 0 Å². The van der Waals surface area contributed by atoms with Crippen molar-refractivity contribution in [3.8, 4) is 0 Å². The van der Waals surface area contributed by atoms with Crippen molar-refractivity contribution >= 4 is 23.0 Å². The lowest BCUT2D eigenvalue weighted by molar-refractivity contribution is -0.0511. The molecular weight excluding hydrogens is 672 g/mol. The van der Waals surface area contributed by atoms with Crippen LogP contribution in [0.5, 0.6) is 0 Å². The van der Waals surface area contributed by atoms with Crippen LogP contribution >= 0.6 is 0 Å². The number of ether oxygens (including phenoxy) is 1. The third kappa shape index (κ3) is 8.50. The maximum Gasteiger partial charge on any atom is 0.315 e. The highest BCUT2D eigenvalue weighted by molar-refractivity contribution is 5.83. The van der Waals surface area contributed by atoms with E-state index in [1.54, 1.807) is 0 Å². The lowest BCUT2D eigenvalue weighted by Gasteiger charge is -2.42. The van der Waals surface area contributed by atoms with Gasteiger partial charge in [-0.05, 0) is 44.4 Å². The number of carbonyl (C=O) groups is 1. The second kappa shape index (κ2) is 16.8. The first-order valence-electron chi connectivity index (χ1n) is 18.1. The summed E-state index contributed by atoms with van der Waals surface area (Å²) in [5.74, 6) is 0.716. The maximum atomic E-state index is 13.1. The van der Waals surface area contributed by atoms with Crippen molar-refractivity contribution in [3.05, 3.63) is 120 Å². The molecule has 0 radical (unpaired) electrons. The minimum Gasteiger partial charge on any atom is -0.394 e. The highest BCUT2D eigenvalue weighted by Gasteiger charge is 2.44. The molecule has 6 N–H and O–H groups in total. The fourth-order valence-corrected chi connectivity index (χ4v) is 7.16. The Bertz CT molecular complexity index is 1890. The van der Waals surface area contributed by atoms with Crippen LogP contribution in [0.4, 0.5) is 10.6 Å². The van der Waals surface area contributed by atoms with Crippen LogP contribution in [0, 0.1) is 0 Å². The molecule has 4 atom stereocenters. The average Bonchev–Trinajstić information content (AvgIpc) is 3.72. The topological polar surface area (TPSA) is 170 Å². The number of amides is 2.